The van der Waals surface area contributed by atoms with Crippen LogP contribution in [0, 0.1) is 0 Å². The fraction of sp³-hybridized carbons (Fsp3) is 0.455. The molecule has 0 bridgehead atoms. The van der Waals surface area contributed by atoms with Gasteiger partial charge in [0.15, 0.2) is 5.65 Å². The first-order chi connectivity index (χ1) is 7.76. The van der Waals surface area contributed by atoms with Crippen molar-refractivity contribution >= 4 is 27.1 Å². The molecule has 5 heteroatoms. The smallest absolute Gasteiger partial charge is 0.160 e. The predicted molar refractivity (Wildman–Crippen MR) is 66.3 cm³/mol. The largest absolute Gasteiger partial charge is 0.395 e. The number of aliphatic hydroxyl groups excluding tert-OH is 1. The molecular formula is C11H14BrN3O. The SMILES string of the molecule is CCCc1nc2cc(Br)cnc2n1CCO. The Labute approximate surface area is 102 Å². The van der Waals surface area contributed by atoms with Crippen LogP contribution in [0.5, 0.6) is 0 Å². The normalized spacial score (nSPS) is 11.2. The van der Waals surface area contributed by atoms with Crippen molar-refractivity contribution in [3.05, 3.63) is 22.6 Å². The number of aryl methyl sites for hydroxylation is 1. The van der Waals surface area contributed by atoms with Gasteiger partial charge in [0.25, 0.3) is 0 Å². The maximum absolute atomic E-state index is 9.06. The first kappa shape index (κ1) is 11.5. The molecule has 0 aromatic carbocycles. The number of aliphatic hydroxyl groups is 1. The van der Waals surface area contributed by atoms with Crippen LogP contribution < -0.4 is 0 Å². The Balaban J connectivity index is 2.56. The predicted octanol–water partition coefficient (Wildman–Crippen LogP) is 2.14. The number of rotatable bonds is 4. The van der Waals surface area contributed by atoms with Gasteiger partial charge in [-0.1, -0.05) is 6.92 Å². The van der Waals surface area contributed by atoms with Crippen LogP contribution in [0.3, 0.4) is 0 Å². The van der Waals surface area contributed by atoms with E-state index in [1.54, 1.807) is 6.20 Å². The van der Waals surface area contributed by atoms with Crippen molar-refractivity contribution < 1.29 is 5.11 Å². The van der Waals surface area contributed by atoms with Crippen molar-refractivity contribution in [3.63, 3.8) is 0 Å². The van der Waals surface area contributed by atoms with Crippen LogP contribution >= 0.6 is 15.9 Å². The molecule has 0 radical (unpaired) electrons. The van der Waals surface area contributed by atoms with Gasteiger partial charge in [0.05, 0.1) is 6.61 Å². The highest BCUT2D eigenvalue weighted by Gasteiger charge is 2.10. The number of hydrogen-bond acceptors (Lipinski definition) is 3. The number of fused-ring (bicyclic) bond motifs is 1. The Morgan fingerprint density at radius 2 is 2.31 bits per heavy atom. The minimum absolute atomic E-state index is 0.111. The van der Waals surface area contributed by atoms with Gasteiger partial charge in [0.1, 0.15) is 11.3 Å². The molecule has 0 amide bonds. The van der Waals surface area contributed by atoms with Crippen molar-refractivity contribution in [3.8, 4) is 0 Å². The van der Waals surface area contributed by atoms with Crippen molar-refractivity contribution in [2.24, 2.45) is 0 Å². The number of nitrogens with zero attached hydrogens (tertiary/aromatic N) is 3. The summed E-state index contributed by atoms with van der Waals surface area (Å²) in [6, 6.07) is 1.95. The lowest BCUT2D eigenvalue weighted by molar-refractivity contribution is 0.275. The van der Waals surface area contributed by atoms with Gasteiger partial charge in [0, 0.05) is 23.6 Å². The molecule has 1 N–H and O–H groups in total. The highest BCUT2D eigenvalue weighted by atomic mass is 79.9. The van der Waals surface area contributed by atoms with E-state index in [1.165, 1.54) is 0 Å². The summed E-state index contributed by atoms with van der Waals surface area (Å²) in [4.78, 5) is 8.89. The molecule has 0 aliphatic heterocycles. The summed E-state index contributed by atoms with van der Waals surface area (Å²) >= 11 is 3.38. The molecule has 2 aromatic heterocycles. The van der Waals surface area contributed by atoms with E-state index in [0.717, 1.165) is 34.3 Å². The average Bonchev–Trinajstić information content (AvgIpc) is 2.57. The summed E-state index contributed by atoms with van der Waals surface area (Å²) in [6.45, 7) is 2.78. The lowest BCUT2D eigenvalue weighted by atomic mass is 10.3. The molecule has 4 nitrogen and oxygen atoms in total. The van der Waals surface area contributed by atoms with Crippen LogP contribution in [0.2, 0.25) is 0 Å². The number of aromatic nitrogens is 3. The van der Waals surface area contributed by atoms with E-state index in [2.05, 4.69) is 32.8 Å². The third-order valence-electron chi connectivity index (χ3n) is 2.43. The summed E-state index contributed by atoms with van der Waals surface area (Å²) in [5, 5.41) is 9.06. The summed E-state index contributed by atoms with van der Waals surface area (Å²) in [7, 11) is 0. The molecular weight excluding hydrogens is 270 g/mol. The van der Waals surface area contributed by atoms with Gasteiger partial charge >= 0.3 is 0 Å². The molecule has 0 atom stereocenters. The van der Waals surface area contributed by atoms with E-state index in [4.69, 9.17) is 5.11 Å². The lowest BCUT2D eigenvalue weighted by Crippen LogP contribution is -2.07. The van der Waals surface area contributed by atoms with E-state index in [9.17, 15) is 0 Å². The molecule has 0 aliphatic rings. The van der Waals surface area contributed by atoms with Gasteiger partial charge in [-0.15, -0.1) is 0 Å². The molecule has 0 fully saturated rings. The zero-order chi connectivity index (χ0) is 11.5. The minimum Gasteiger partial charge on any atom is -0.395 e. The van der Waals surface area contributed by atoms with E-state index in [-0.39, 0.29) is 6.61 Å². The van der Waals surface area contributed by atoms with E-state index < -0.39 is 0 Å². The fourth-order valence-electron chi connectivity index (χ4n) is 1.78. The quantitative estimate of drug-likeness (QED) is 0.935. The lowest BCUT2D eigenvalue weighted by Gasteiger charge is -2.05. The van der Waals surface area contributed by atoms with Crippen molar-refractivity contribution in [2.75, 3.05) is 6.61 Å². The second kappa shape index (κ2) is 4.93. The Hall–Kier alpha value is -0.940. The third-order valence-corrected chi connectivity index (χ3v) is 2.86. The van der Waals surface area contributed by atoms with Gasteiger partial charge in [0.2, 0.25) is 0 Å². The van der Waals surface area contributed by atoms with Crippen LogP contribution in [0.4, 0.5) is 0 Å². The molecule has 2 heterocycles. The van der Waals surface area contributed by atoms with Crippen LogP contribution in [-0.2, 0) is 13.0 Å². The second-order valence-corrected chi connectivity index (χ2v) is 4.57. The van der Waals surface area contributed by atoms with E-state index in [0.29, 0.717) is 6.54 Å². The molecule has 0 aliphatic carbocycles. The average molecular weight is 284 g/mol. The van der Waals surface area contributed by atoms with Gasteiger partial charge in [-0.25, -0.2) is 9.97 Å². The first-order valence-corrected chi connectivity index (χ1v) is 6.17. The molecule has 0 saturated carbocycles. The van der Waals surface area contributed by atoms with Crippen LogP contribution in [0.15, 0.2) is 16.7 Å². The Kier molecular flexibility index (Phi) is 3.56. The maximum Gasteiger partial charge on any atom is 0.160 e. The fourth-order valence-corrected chi connectivity index (χ4v) is 2.10. The third kappa shape index (κ3) is 2.10. The van der Waals surface area contributed by atoms with Gasteiger partial charge < -0.3 is 9.67 Å². The molecule has 2 aromatic rings. The Morgan fingerprint density at radius 3 is 3.00 bits per heavy atom. The minimum atomic E-state index is 0.111. The zero-order valence-electron chi connectivity index (χ0n) is 9.15. The highest BCUT2D eigenvalue weighted by Crippen LogP contribution is 2.19. The summed E-state index contributed by atoms with van der Waals surface area (Å²) < 4.78 is 2.92. The number of imidazole rings is 1. The van der Waals surface area contributed by atoms with E-state index >= 15 is 0 Å². The maximum atomic E-state index is 9.06. The summed E-state index contributed by atoms with van der Waals surface area (Å²) in [6.07, 6.45) is 3.71. The topological polar surface area (TPSA) is 50.9 Å². The summed E-state index contributed by atoms with van der Waals surface area (Å²) in [5.74, 6) is 0.997. The second-order valence-electron chi connectivity index (χ2n) is 3.65. The zero-order valence-corrected chi connectivity index (χ0v) is 10.7. The molecule has 2 rings (SSSR count). The van der Waals surface area contributed by atoms with Gasteiger partial charge in [-0.2, -0.15) is 0 Å². The highest BCUT2D eigenvalue weighted by molar-refractivity contribution is 9.10. The van der Waals surface area contributed by atoms with E-state index in [1.807, 2.05) is 10.6 Å². The van der Waals surface area contributed by atoms with Crippen molar-refractivity contribution in [2.45, 2.75) is 26.3 Å². The van der Waals surface area contributed by atoms with Gasteiger partial charge in [-0.05, 0) is 28.4 Å². The molecule has 16 heavy (non-hydrogen) atoms. The van der Waals surface area contributed by atoms with Gasteiger partial charge in [-0.3, -0.25) is 0 Å². The molecule has 86 valence electrons. The van der Waals surface area contributed by atoms with Crippen LogP contribution in [0.1, 0.15) is 19.2 Å². The Morgan fingerprint density at radius 1 is 1.50 bits per heavy atom. The van der Waals surface area contributed by atoms with Crippen LogP contribution in [-0.4, -0.2) is 26.2 Å². The number of hydrogen-bond donors (Lipinski definition) is 1. The molecule has 0 saturated heterocycles. The van der Waals surface area contributed by atoms with Crippen molar-refractivity contribution in [1.82, 2.24) is 14.5 Å². The summed E-state index contributed by atoms with van der Waals surface area (Å²) in [5.41, 5.74) is 1.73. The van der Waals surface area contributed by atoms with Crippen LogP contribution in [0.25, 0.3) is 11.2 Å². The molecule has 0 spiro atoms. The molecule has 0 unspecified atom stereocenters. The number of halogens is 1. The number of pyridine rings is 1. The standard InChI is InChI=1S/C11H14BrN3O/c1-2-3-10-14-9-6-8(12)7-13-11(9)15(10)4-5-16/h6-7,16H,2-5H2,1H3. The van der Waals surface area contributed by atoms with Crippen molar-refractivity contribution in [1.29, 1.82) is 0 Å². The first-order valence-electron chi connectivity index (χ1n) is 5.37. The monoisotopic (exact) mass is 283 g/mol. The Bertz CT molecular complexity index is 495.